The van der Waals surface area contributed by atoms with Crippen molar-refractivity contribution in [2.24, 2.45) is 0 Å². The molecule has 1 N–H and O–H groups in total. The molecule has 0 atom stereocenters. The average Bonchev–Trinajstić information content (AvgIpc) is 2.62. The van der Waals surface area contributed by atoms with Crippen LogP contribution in [0.15, 0.2) is 42.9 Å². The lowest BCUT2D eigenvalue weighted by molar-refractivity contribution is 0.102. The van der Waals surface area contributed by atoms with Crippen molar-refractivity contribution in [1.82, 2.24) is 19.9 Å². The lowest BCUT2D eigenvalue weighted by Gasteiger charge is -2.10. The van der Waals surface area contributed by atoms with Crippen LogP contribution in [0.4, 0.5) is 10.1 Å². The van der Waals surface area contributed by atoms with Crippen LogP contribution in [0.3, 0.4) is 0 Å². The fourth-order valence-electron chi connectivity index (χ4n) is 2.28. The summed E-state index contributed by atoms with van der Waals surface area (Å²) in [6.45, 7) is 1.21. The van der Waals surface area contributed by atoms with Crippen molar-refractivity contribution in [1.29, 1.82) is 0 Å². The number of likely N-dealkylation sites (N-methyl/N-ethyl adjacent to an activating group) is 1. The monoisotopic (exact) mass is 355 g/mol. The van der Waals surface area contributed by atoms with E-state index in [1.165, 1.54) is 24.5 Å². The predicted molar refractivity (Wildman–Crippen MR) is 95.7 cm³/mol. The molecule has 2 heterocycles. The summed E-state index contributed by atoms with van der Waals surface area (Å²) in [6, 6.07) is 6.01. The van der Waals surface area contributed by atoms with E-state index in [2.05, 4.69) is 20.3 Å². The molecule has 1 aromatic carbocycles. The predicted octanol–water partition coefficient (Wildman–Crippen LogP) is 2.36. The van der Waals surface area contributed by atoms with Gasteiger partial charge >= 0.3 is 0 Å². The summed E-state index contributed by atoms with van der Waals surface area (Å²) in [5.74, 6) is -0.632. The van der Waals surface area contributed by atoms with Crippen molar-refractivity contribution < 1.29 is 13.9 Å². The van der Waals surface area contributed by atoms with E-state index in [0.717, 1.165) is 6.54 Å². The first-order valence-electron chi connectivity index (χ1n) is 7.98. The van der Waals surface area contributed by atoms with Crippen LogP contribution in [0.5, 0.6) is 5.88 Å². The summed E-state index contributed by atoms with van der Waals surface area (Å²) < 4.78 is 19.2. The number of nitrogens with one attached hydrogen (secondary N) is 1. The highest BCUT2D eigenvalue weighted by atomic mass is 19.1. The Morgan fingerprint density at radius 1 is 1.23 bits per heavy atom. The zero-order valence-corrected chi connectivity index (χ0v) is 14.4. The van der Waals surface area contributed by atoms with E-state index < -0.39 is 11.7 Å². The SMILES string of the molecule is CN(C)CCOc1cnc(C(=O)Nc2cc(F)cc3cccnc23)cn1. The molecule has 0 saturated heterocycles. The summed E-state index contributed by atoms with van der Waals surface area (Å²) >= 11 is 0. The van der Waals surface area contributed by atoms with Gasteiger partial charge in [-0.2, -0.15) is 0 Å². The van der Waals surface area contributed by atoms with Crippen LogP contribution in [-0.4, -0.2) is 53.0 Å². The first kappa shape index (κ1) is 17.7. The third-order valence-corrected chi connectivity index (χ3v) is 3.57. The minimum atomic E-state index is -0.505. The second-order valence-corrected chi connectivity index (χ2v) is 5.87. The number of pyridine rings is 1. The molecule has 7 nitrogen and oxygen atoms in total. The first-order chi connectivity index (χ1) is 12.5. The number of fused-ring (bicyclic) bond motifs is 1. The first-order valence-corrected chi connectivity index (χ1v) is 7.98. The highest BCUT2D eigenvalue weighted by Crippen LogP contribution is 2.23. The lowest BCUT2D eigenvalue weighted by Crippen LogP contribution is -2.20. The number of carbonyl (C=O) groups is 1. The number of benzene rings is 1. The van der Waals surface area contributed by atoms with Gasteiger partial charge in [-0.15, -0.1) is 0 Å². The number of carbonyl (C=O) groups excluding carboxylic acids is 1. The third kappa shape index (κ3) is 4.28. The van der Waals surface area contributed by atoms with Crippen molar-refractivity contribution in [3.8, 4) is 5.88 Å². The van der Waals surface area contributed by atoms with E-state index in [1.54, 1.807) is 18.3 Å². The van der Waals surface area contributed by atoms with Gasteiger partial charge in [0.2, 0.25) is 5.88 Å². The van der Waals surface area contributed by atoms with Crippen LogP contribution in [0.1, 0.15) is 10.5 Å². The van der Waals surface area contributed by atoms with E-state index >= 15 is 0 Å². The molecule has 0 bridgehead atoms. The Hall–Kier alpha value is -3.13. The number of hydrogen-bond donors (Lipinski definition) is 1. The largest absolute Gasteiger partial charge is 0.475 e. The van der Waals surface area contributed by atoms with Crippen molar-refractivity contribution in [2.75, 3.05) is 32.6 Å². The quantitative estimate of drug-likeness (QED) is 0.731. The number of aromatic nitrogens is 3. The van der Waals surface area contributed by atoms with E-state index in [9.17, 15) is 9.18 Å². The summed E-state index contributed by atoms with van der Waals surface area (Å²) in [5.41, 5.74) is 0.871. The van der Waals surface area contributed by atoms with Gasteiger partial charge < -0.3 is 15.0 Å². The summed E-state index contributed by atoms with van der Waals surface area (Å²) in [6.07, 6.45) is 4.28. The van der Waals surface area contributed by atoms with Crippen LogP contribution in [-0.2, 0) is 0 Å². The smallest absolute Gasteiger partial charge is 0.275 e. The van der Waals surface area contributed by atoms with Gasteiger partial charge in [0.15, 0.2) is 0 Å². The van der Waals surface area contributed by atoms with Crippen LogP contribution in [0.2, 0.25) is 0 Å². The molecule has 0 aliphatic heterocycles. The summed E-state index contributed by atoms with van der Waals surface area (Å²) in [4.78, 5) is 26.7. The van der Waals surface area contributed by atoms with Crippen LogP contribution in [0, 0.1) is 5.82 Å². The van der Waals surface area contributed by atoms with Crippen molar-refractivity contribution in [2.45, 2.75) is 0 Å². The van der Waals surface area contributed by atoms with Gasteiger partial charge in [-0.1, -0.05) is 6.07 Å². The third-order valence-electron chi connectivity index (χ3n) is 3.57. The topological polar surface area (TPSA) is 80.2 Å². The van der Waals surface area contributed by atoms with Crippen LogP contribution >= 0.6 is 0 Å². The zero-order valence-electron chi connectivity index (χ0n) is 14.4. The van der Waals surface area contributed by atoms with E-state index in [4.69, 9.17) is 4.74 Å². The molecule has 0 aliphatic rings. The van der Waals surface area contributed by atoms with Gasteiger partial charge in [0, 0.05) is 18.1 Å². The Balaban J connectivity index is 1.72. The molecule has 0 saturated carbocycles. The van der Waals surface area contributed by atoms with Crippen molar-refractivity contribution >= 4 is 22.5 Å². The number of halogens is 1. The van der Waals surface area contributed by atoms with Gasteiger partial charge in [-0.3, -0.25) is 9.78 Å². The molecule has 3 aromatic rings. The van der Waals surface area contributed by atoms with Gasteiger partial charge in [0.05, 0.1) is 23.6 Å². The maximum atomic E-state index is 13.8. The molecule has 1 amide bonds. The van der Waals surface area contributed by atoms with Gasteiger partial charge in [0.1, 0.15) is 18.1 Å². The number of amides is 1. The summed E-state index contributed by atoms with van der Waals surface area (Å²) in [7, 11) is 3.88. The number of rotatable bonds is 6. The second-order valence-electron chi connectivity index (χ2n) is 5.87. The Bertz CT molecular complexity index is 915. The Labute approximate surface area is 149 Å². The molecule has 0 radical (unpaired) electrons. The number of anilines is 1. The molecular weight excluding hydrogens is 337 g/mol. The van der Waals surface area contributed by atoms with E-state index in [0.29, 0.717) is 23.4 Å². The Morgan fingerprint density at radius 2 is 2.08 bits per heavy atom. The molecule has 26 heavy (non-hydrogen) atoms. The van der Waals surface area contributed by atoms with E-state index in [1.807, 2.05) is 19.0 Å². The van der Waals surface area contributed by atoms with Gasteiger partial charge in [-0.25, -0.2) is 14.4 Å². The highest BCUT2D eigenvalue weighted by molar-refractivity contribution is 6.07. The van der Waals surface area contributed by atoms with E-state index in [-0.39, 0.29) is 11.4 Å². The standard InChI is InChI=1S/C18H18FN5O2/c1-24(2)6-7-26-16-11-21-15(10-22-16)18(25)23-14-9-13(19)8-12-4-3-5-20-17(12)14/h3-5,8-11H,6-7H2,1-2H3,(H,23,25). The zero-order chi connectivity index (χ0) is 18.5. The Kier molecular flexibility index (Phi) is 5.33. The molecule has 8 heteroatoms. The molecule has 134 valence electrons. The number of nitrogens with zero attached hydrogens (tertiary/aromatic N) is 4. The fraction of sp³-hybridized carbons (Fsp3) is 0.222. The van der Waals surface area contributed by atoms with Gasteiger partial charge in [0.25, 0.3) is 5.91 Å². The molecule has 0 fully saturated rings. The normalized spacial score (nSPS) is 10.9. The number of hydrogen-bond acceptors (Lipinski definition) is 6. The maximum absolute atomic E-state index is 13.8. The molecule has 0 spiro atoms. The maximum Gasteiger partial charge on any atom is 0.275 e. The van der Waals surface area contributed by atoms with Crippen LogP contribution in [0.25, 0.3) is 10.9 Å². The second kappa shape index (κ2) is 7.83. The molecule has 0 unspecified atom stereocenters. The van der Waals surface area contributed by atoms with Crippen molar-refractivity contribution in [3.63, 3.8) is 0 Å². The van der Waals surface area contributed by atoms with Crippen LogP contribution < -0.4 is 10.1 Å². The minimum Gasteiger partial charge on any atom is -0.475 e. The fourth-order valence-corrected chi connectivity index (χ4v) is 2.28. The molecule has 3 rings (SSSR count). The summed E-state index contributed by atoms with van der Waals surface area (Å²) in [5, 5.41) is 3.22. The number of ether oxygens (including phenoxy) is 1. The van der Waals surface area contributed by atoms with Crippen molar-refractivity contribution in [3.05, 3.63) is 54.4 Å². The molecular formula is C18H18FN5O2. The Morgan fingerprint density at radius 3 is 2.81 bits per heavy atom. The highest BCUT2D eigenvalue weighted by Gasteiger charge is 2.12. The molecule has 0 aliphatic carbocycles. The average molecular weight is 355 g/mol. The van der Waals surface area contributed by atoms with Gasteiger partial charge in [-0.05, 0) is 32.3 Å². The molecule has 2 aromatic heterocycles. The lowest BCUT2D eigenvalue weighted by atomic mass is 10.2. The minimum absolute atomic E-state index is 0.0956.